The summed E-state index contributed by atoms with van der Waals surface area (Å²) in [4.78, 5) is 27.1. The van der Waals surface area contributed by atoms with E-state index in [4.69, 9.17) is 5.73 Å². The molecular weight excluding hydrogens is 457 g/mol. The molecule has 1 fully saturated rings. The Morgan fingerprint density at radius 1 is 1.22 bits per heavy atom. The number of aromatic nitrogens is 2. The zero-order chi connectivity index (χ0) is 25.1. The van der Waals surface area contributed by atoms with E-state index in [0.29, 0.717) is 11.3 Å². The van der Waals surface area contributed by atoms with E-state index in [0.717, 1.165) is 56.7 Å². The number of benzene rings is 1. The van der Waals surface area contributed by atoms with Gasteiger partial charge in [-0.1, -0.05) is 37.3 Å². The van der Waals surface area contributed by atoms with Gasteiger partial charge in [-0.25, -0.2) is 9.37 Å². The molecule has 0 spiro atoms. The third-order valence-corrected chi connectivity index (χ3v) is 6.73. The number of primary amides is 1. The minimum absolute atomic E-state index is 0.0502. The standard InChI is InChI=1S/C27H30FN7O/c1-2-33-12-14-34(15-13-33)20-9-7-8-19(16-20)31-27-30-17-23(28)26(32-27)35-18-22(25(29)36)21-10-5-3-4-6-11-24(21)35/h4-11,16-18,21H,2-3,12-15H2,1H3,(H2,29,36)(H,30,31,32)/b6-4-,10-5-,24-11+. The smallest absolute Gasteiger partial charge is 0.247 e. The molecule has 3 heterocycles. The maximum absolute atomic E-state index is 15.0. The van der Waals surface area contributed by atoms with Crippen molar-refractivity contribution in [3.63, 3.8) is 0 Å². The number of likely N-dealkylation sites (N-methyl/N-ethyl adjacent to an activating group) is 1. The highest BCUT2D eigenvalue weighted by Crippen LogP contribution is 2.38. The predicted molar refractivity (Wildman–Crippen MR) is 140 cm³/mol. The van der Waals surface area contributed by atoms with E-state index in [1.54, 1.807) is 11.1 Å². The number of fused-ring (bicyclic) bond motifs is 1. The van der Waals surface area contributed by atoms with Gasteiger partial charge in [0.15, 0.2) is 11.6 Å². The lowest BCUT2D eigenvalue weighted by atomic mass is 9.96. The normalized spacial score (nSPS) is 23.1. The second-order valence-corrected chi connectivity index (χ2v) is 8.94. The van der Waals surface area contributed by atoms with Gasteiger partial charge in [-0.05, 0) is 37.2 Å². The van der Waals surface area contributed by atoms with Gasteiger partial charge in [0.2, 0.25) is 11.9 Å². The zero-order valence-corrected chi connectivity index (χ0v) is 20.3. The largest absolute Gasteiger partial charge is 0.369 e. The zero-order valence-electron chi connectivity index (χ0n) is 20.3. The van der Waals surface area contributed by atoms with Crippen LogP contribution in [0, 0.1) is 11.7 Å². The molecule has 8 nitrogen and oxygen atoms in total. The molecule has 2 aromatic rings. The Hall–Kier alpha value is -3.98. The van der Waals surface area contributed by atoms with Crippen molar-refractivity contribution in [2.24, 2.45) is 11.7 Å². The fourth-order valence-electron chi connectivity index (χ4n) is 4.75. The highest BCUT2D eigenvalue weighted by Gasteiger charge is 2.34. The van der Waals surface area contributed by atoms with Crippen molar-refractivity contribution in [2.75, 3.05) is 47.8 Å². The second kappa shape index (κ2) is 10.3. The first kappa shape index (κ1) is 23.7. The highest BCUT2D eigenvalue weighted by atomic mass is 19.1. The van der Waals surface area contributed by atoms with Crippen LogP contribution in [0.2, 0.25) is 0 Å². The van der Waals surface area contributed by atoms with Gasteiger partial charge in [0.1, 0.15) is 0 Å². The molecule has 1 aromatic heterocycles. The van der Waals surface area contributed by atoms with E-state index in [9.17, 15) is 9.18 Å². The predicted octanol–water partition coefficient (Wildman–Crippen LogP) is 3.71. The van der Waals surface area contributed by atoms with E-state index >= 15 is 0 Å². The number of allylic oxidation sites excluding steroid dienone is 5. The SMILES string of the molecule is CCN1CCN(c2cccc(Nc3ncc(F)c(N4C=C(C(N)=O)C5/C=C\C/C=C\C=C/54)n3)c2)CC1. The van der Waals surface area contributed by atoms with Gasteiger partial charge in [0.25, 0.3) is 0 Å². The Morgan fingerprint density at radius 3 is 2.83 bits per heavy atom. The molecule has 5 rings (SSSR count). The lowest BCUT2D eigenvalue weighted by molar-refractivity contribution is -0.114. The highest BCUT2D eigenvalue weighted by molar-refractivity contribution is 5.96. The fourth-order valence-corrected chi connectivity index (χ4v) is 4.75. The Balaban J connectivity index is 1.41. The molecule has 1 aromatic carbocycles. The van der Waals surface area contributed by atoms with Crippen LogP contribution in [0.5, 0.6) is 0 Å². The van der Waals surface area contributed by atoms with E-state index < -0.39 is 11.7 Å². The molecule has 1 aliphatic carbocycles. The Bertz CT molecular complexity index is 1260. The van der Waals surface area contributed by atoms with Crippen molar-refractivity contribution in [3.05, 3.63) is 84.1 Å². The summed E-state index contributed by atoms with van der Waals surface area (Å²) in [6, 6.07) is 8.06. The molecule has 9 heteroatoms. The van der Waals surface area contributed by atoms with Gasteiger partial charge in [0.05, 0.1) is 6.20 Å². The van der Waals surface area contributed by atoms with Gasteiger partial charge >= 0.3 is 0 Å². The summed E-state index contributed by atoms with van der Waals surface area (Å²) in [5.41, 5.74) is 8.65. The molecule has 1 amide bonds. The lowest BCUT2D eigenvalue weighted by Crippen LogP contribution is -2.46. The van der Waals surface area contributed by atoms with Gasteiger partial charge in [-0.3, -0.25) is 4.79 Å². The number of nitrogens with one attached hydrogen (secondary N) is 1. The minimum Gasteiger partial charge on any atom is -0.369 e. The topological polar surface area (TPSA) is 90.6 Å². The number of piperazine rings is 1. The van der Waals surface area contributed by atoms with E-state index in [1.807, 2.05) is 42.5 Å². The summed E-state index contributed by atoms with van der Waals surface area (Å²) in [7, 11) is 0. The molecule has 0 bridgehead atoms. The van der Waals surface area contributed by atoms with Crippen molar-refractivity contribution >= 4 is 29.0 Å². The summed E-state index contributed by atoms with van der Waals surface area (Å²) in [5, 5.41) is 3.21. The second-order valence-electron chi connectivity index (χ2n) is 8.94. The summed E-state index contributed by atoms with van der Waals surface area (Å²) < 4.78 is 15.0. The first-order chi connectivity index (χ1) is 17.5. The number of anilines is 4. The maximum atomic E-state index is 15.0. The average molecular weight is 488 g/mol. The van der Waals surface area contributed by atoms with Crippen LogP contribution in [0.15, 0.2) is 78.3 Å². The van der Waals surface area contributed by atoms with Gasteiger partial charge < -0.3 is 25.8 Å². The van der Waals surface area contributed by atoms with Crippen LogP contribution in [-0.4, -0.2) is 53.5 Å². The number of nitrogens with two attached hydrogens (primary N) is 1. The van der Waals surface area contributed by atoms with E-state index in [1.165, 1.54) is 0 Å². The maximum Gasteiger partial charge on any atom is 0.247 e. The molecule has 0 saturated carbocycles. The van der Waals surface area contributed by atoms with Crippen molar-refractivity contribution < 1.29 is 9.18 Å². The molecule has 1 unspecified atom stereocenters. The summed E-state index contributed by atoms with van der Waals surface area (Å²) in [5.74, 6) is -1.20. The quantitative estimate of drug-likeness (QED) is 0.601. The van der Waals surface area contributed by atoms with E-state index in [2.05, 4.69) is 44.1 Å². The van der Waals surface area contributed by atoms with Gasteiger partial charge in [0, 0.05) is 60.9 Å². The number of amides is 1. The summed E-state index contributed by atoms with van der Waals surface area (Å²) >= 11 is 0. The van der Waals surface area contributed by atoms with Gasteiger partial charge in [-0.15, -0.1) is 0 Å². The molecule has 36 heavy (non-hydrogen) atoms. The molecule has 1 saturated heterocycles. The number of hydrogen-bond donors (Lipinski definition) is 2. The van der Waals surface area contributed by atoms with Crippen LogP contribution in [-0.2, 0) is 4.79 Å². The van der Waals surface area contributed by atoms with Crippen molar-refractivity contribution in [2.45, 2.75) is 13.3 Å². The first-order valence-electron chi connectivity index (χ1n) is 12.2. The minimum atomic E-state index is -0.597. The number of carbonyl (C=O) groups is 1. The summed E-state index contributed by atoms with van der Waals surface area (Å²) in [6.07, 6.45) is 13.1. The molecule has 3 N–H and O–H groups in total. The van der Waals surface area contributed by atoms with Crippen LogP contribution in [0.1, 0.15) is 13.3 Å². The number of hydrogen-bond acceptors (Lipinski definition) is 7. The van der Waals surface area contributed by atoms with Crippen LogP contribution in [0.3, 0.4) is 0 Å². The van der Waals surface area contributed by atoms with Crippen LogP contribution in [0.4, 0.5) is 27.5 Å². The average Bonchev–Trinajstić information content (AvgIpc) is 3.22. The molecule has 1 atom stereocenters. The molecule has 0 radical (unpaired) electrons. The number of halogens is 1. The number of carbonyl (C=O) groups excluding carboxylic acids is 1. The van der Waals surface area contributed by atoms with Crippen LogP contribution >= 0.6 is 0 Å². The van der Waals surface area contributed by atoms with Crippen molar-refractivity contribution in [1.82, 2.24) is 14.9 Å². The van der Waals surface area contributed by atoms with Crippen molar-refractivity contribution in [1.29, 1.82) is 0 Å². The summed E-state index contributed by atoms with van der Waals surface area (Å²) in [6.45, 7) is 7.27. The Kier molecular flexibility index (Phi) is 6.81. The lowest BCUT2D eigenvalue weighted by Gasteiger charge is -2.35. The third kappa shape index (κ3) is 4.87. The number of nitrogens with zero attached hydrogens (tertiary/aromatic N) is 5. The van der Waals surface area contributed by atoms with Crippen LogP contribution < -0.4 is 20.9 Å². The third-order valence-electron chi connectivity index (χ3n) is 6.73. The van der Waals surface area contributed by atoms with Crippen LogP contribution in [0.25, 0.3) is 0 Å². The molecular formula is C27H30FN7O. The number of rotatable bonds is 6. The fraction of sp³-hybridized carbons (Fsp3) is 0.296. The monoisotopic (exact) mass is 487 g/mol. The van der Waals surface area contributed by atoms with E-state index in [-0.39, 0.29) is 17.7 Å². The Morgan fingerprint density at radius 2 is 2.06 bits per heavy atom. The molecule has 3 aliphatic rings. The first-order valence-corrected chi connectivity index (χ1v) is 12.2. The Labute approximate surface area is 210 Å². The molecule has 186 valence electrons. The van der Waals surface area contributed by atoms with Gasteiger partial charge in [-0.2, -0.15) is 4.98 Å². The molecule has 2 aliphatic heterocycles. The van der Waals surface area contributed by atoms with Crippen molar-refractivity contribution in [3.8, 4) is 0 Å².